The molecule has 1 unspecified atom stereocenters. The fourth-order valence-corrected chi connectivity index (χ4v) is 9.02. The average Bonchev–Trinajstić information content (AvgIpc) is 3.30. The standard InChI is InChI=1S/C55H105N3O8/c1-5-8-11-14-17-20-23-26-29-35-47(4)44-51(60)57-48(46-65-54-39-32-33-43-64-54)36-34-41-56-55(63)50(40-42-59)58-52(61)45-49(37-30-27-24-21-18-15-12-9-6-2)66-53(62)38-31-28-25-22-19-16-13-10-7-3/h47-50,54,59H,5-46H2,1-4H3,(H,56,63)(H,57,60)(H,58,61)/t47-,48-,49-,50+,54?/m1/s1. The molecule has 11 nitrogen and oxygen atoms in total. The zero-order valence-corrected chi connectivity index (χ0v) is 43.4. The van der Waals surface area contributed by atoms with Gasteiger partial charge in [0, 0.05) is 32.6 Å². The first kappa shape index (κ1) is 61.8. The van der Waals surface area contributed by atoms with Crippen molar-refractivity contribution in [3.05, 3.63) is 0 Å². The molecule has 388 valence electrons. The van der Waals surface area contributed by atoms with Gasteiger partial charge in [-0.05, 0) is 63.7 Å². The summed E-state index contributed by atoms with van der Waals surface area (Å²) in [4.78, 5) is 53.0. The first-order chi connectivity index (χ1) is 32.2. The van der Waals surface area contributed by atoms with E-state index in [0.717, 1.165) is 70.6 Å². The maximum absolute atomic E-state index is 13.4. The molecule has 0 aromatic heterocycles. The summed E-state index contributed by atoms with van der Waals surface area (Å²) in [6.45, 7) is 9.97. The summed E-state index contributed by atoms with van der Waals surface area (Å²) in [6.07, 6.45) is 38.5. The minimum absolute atomic E-state index is 0.0143. The number of carbonyl (C=O) groups excluding carboxylic acids is 4. The third-order valence-electron chi connectivity index (χ3n) is 13.2. The van der Waals surface area contributed by atoms with Crippen LogP contribution in [-0.4, -0.2) is 79.6 Å². The molecule has 0 aliphatic carbocycles. The Hall–Kier alpha value is -2.24. The summed E-state index contributed by atoms with van der Waals surface area (Å²) in [5.74, 6) is -0.662. The number of rotatable bonds is 47. The maximum atomic E-state index is 13.4. The van der Waals surface area contributed by atoms with Gasteiger partial charge in [0.25, 0.3) is 0 Å². The van der Waals surface area contributed by atoms with Crippen LogP contribution in [0.4, 0.5) is 0 Å². The minimum atomic E-state index is -0.914. The van der Waals surface area contributed by atoms with Crippen LogP contribution in [0.25, 0.3) is 0 Å². The smallest absolute Gasteiger partial charge is 0.306 e. The Bertz CT molecular complexity index is 1150. The van der Waals surface area contributed by atoms with Gasteiger partial charge in [0.15, 0.2) is 6.29 Å². The van der Waals surface area contributed by atoms with Crippen LogP contribution in [-0.2, 0) is 33.4 Å². The third kappa shape index (κ3) is 37.7. The largest absolute Gasteiger partial charge is 0.462 e. The maximum Gasteiger partial charge on any atom is 0.306 e. The number of ether oxygens (including phenoxy) is 3. The molecule has 0 saturated carbocycles. The molecule has 0 aromatic rings. The summed E-state index contributed by atoms with van der Waals surface area (Å²) in [5, 5.41) is 18.8. The van der Waals surface area contributed by atoms with E-state index in [1.807, 2.05) is 0 Å². The zero-order valence-electron chi connectivity index (χ0n) is 43.4. The lowest BCUT2D eigenvalue weighted by molar-refractivity contribution is -0.167. The Balaban J connectivity index is 2.66. The average molecular weight is 936 g/mol. The molecule has 1 heterocycles. The van der Waals surface area contributed by atoms with Crippen molar-refractivity contribution in [3.63, 3.8) is 0 Å². The molecule has 4 N–H and O–H groups in total. The molecule has 1 saturated heterocycles. The van der Waals surface area contributed by atoms with Crippen molar-refractivity contribution in [2.75, 3.05) is 26.4 Å². The van der Waals surface area contributed by atoms with Gasteiger partial charge in [0.05, 0.1) is 19.1 Å². The van der Waals surface area contributed by atoms with E-state index in [4.69, 9.17) is 14.2 Å². The van der Waals surface area contributed by atoms with Gasteiger partial charge < -0.3 is 35.3 Å². The topological polar surface area (TPSA) is 152 Å². The van der Waals surface area contributed by atoms with E-state index in [1.54, 1.807) is 0 Å². The van der Waals surface area contributed by atoms with E-state index in [1.165, 1.54) is 128 Å². The highest BCUT2D eigenvalue weighted by Crippen LogP contribution is 2.19. The van der Waals surface area contributed by atoms with Gasteiger partial charge in [-0.3, -0.25) is 19.2 Å². The molecular formula is C55H105N3O8. The van der Waals surface area contributed by atoms with Gasteiger partial charge in [-0.2, -0.15) is 0 Å². The minimum Gasteiger partial charge on any atom is -0.462 e. The number of unbranched alkanes of at least 4 members (excludes halogenated alkanes) is 24. The molecule has 1 fully saturated rings. The molecule has 1 rings (SSSR count). The van der Waals surface area contributed by atoms with Crippen molar-refractivity contribution >= 4 is 23.7 Å². The van der Waals surface area contributed by atoms with E-state index in [9.17, 15) is 24.3 Å². The number of aliphatic hydroxyl groups is 1. The summed E-state index contributed by atoms with van der Waals surface area (Å²) < 4.78 is 17.8. The first-order valence-corrected chi connectivity index (χ1v) is 28.1. The highest BCUT2D eigenvalue weighted by molar-refractivity contribution is 5.87. The van der Waals surface area contributed by atoms with Crippen molar-refractivity contribution < 1.29 is 38.5 Å². The number of amides is 3. The van der Waals surface area contributed by atoms with Crippen molar-refractivity contribution in [3.8, 4) is 0 Å². The van der Waals surface area contributed by atoms with Gasteiger partial charge >= 0.3 is 5.97 Å². The highest BCUT2D eigenvalue weighted by atomic mass is 16.7. The van der Waals surface area contributed by atoms with Crippen LogP contribution in [0.1, 0.15) is 272 Å². The fourth-order valence-electron chi connectivity index (χ4n) is 9.02. The lowest BCUT2D eigenvalue weighted by Crippen LogP contribution is -2.48. The van der Waals surface area contributed by atoms with Gasteiger partial charge in [0.1, 0.15) is 12.1 Å². The van der Waals surface area contributed by atoms with E-state index < -0.39 is 12.1 Å². The molecule has 3 amide bonds. The summed E-state index contributed by atoms with van der Waals surface area (Å²) in [6, 6.07) is -1.14. The number of esters is 1. The van der Waals surface area contributed by atoms with Crippen LogP contribution in [0.3, 0.4) is 0 Å². The quantitative estimate of drug-likeness (QED) is 0.0348. The number of hydrogen-bond donors (Lipinski definition) is 4. The van der Waals surface area contributed by atoms with Gasteiger partial charge in [-0.15, -0.1) is 0 Å². The Morgan fingerprint density at radius 1 is 0.591 bits per heavy atom. The van der Waals surface area contributed by atoms with Crippen LogP contribution >= 0.6 is 0 Å². The van der Waals surface area contributed by atoms with E-state index in [0.29, 0.717) is 57.8 Å². The first-order valence-electron chi connectivity index (χ1n) is 28.1. The lowest BCUT2D eigenvalue weighted by Gasteiger charge is -2.26. The summed E-state index contributed by atoms with van der Waals surface area (Å²) in [5.41, 5.74) is 0. The van der Waals surface area contributed by atoms with Gasteiger partial charge in [-0.1, -0.05) is 195 Å². The number of carbonyl (C=O) groups is 4. The number of aliphatic hydroxyl groups excluding tert-OH is 1. The Morgan fingerprint density at radius 3 is 1.64 bits per heavy atom. The van der Waals surface area contributed by atoms with Crippen LogP contribution in [0.5, 0.6) is 0 Å². The molecule has 1 aliphatic rings. The fraction of sp³-hybridized carbons (Fsp3) is 0.927. The van der Waals surface area contributed by atoms with Crippen molar-refractivity contribution in [2.45, 2.75) is 296 Å². The zero-order chi connectivity index (χ0) is 48.1. The predicted molar refractivity (Wildman–Crippen MR) is 271 cm³/mol. The second kappa shape index (κ2) is 45.2. The Morgan fingerprint density at radius 2 is 1.11 bits per heavy atom. The summed E-state index contributed by atoms with van der Waals surface area (Å²) >= 11 is 0. The predicted octanol–water partition coefficient (Wildman–Crippen LogP) is 12.9. The van der Waals surface area contributed by atoms with Crippen LogP contribution in [0.2, 0.25) is 0 Å². The number of hydrogen-bond acceptors (Lipinski definition) is 8. The second-order valence-corrected chi connectivity index (χ2v) is 19.9. The van der Waals surface area contributed by atoms with Crippen molar-refractivity contribution in [1.29, 1.82) is 0 Å². The normalized spacial score (nSPS) is 15.7. The van der Waals surface area contributed by atoms with E-state index >= 15 is 0 Å². The lowest BCUT2D eigenvalue weighted by atomic mass is 9.98. The molecule has 0 radical (unpaired) electrons. The van der Waals surface area contributed by atoms with Crippen LogP contribution in [0, 0.1) is 5.92 Å². The molecule has 0 aromatic carbocycles. The van der Waals surface area contributed by atoms with Crippen LogP contribution < -0.4 is 16.0 Å². The molecule has 66 heavy (non-hydrogen) atoms. The van der Waals surface area contributed by atoms with E-state index in [-0.39, 0.29) is 55.5 Å². The van der Waals surface area contributed by atoms with Gasteiger partial charge in [0.2, 0.25) is 17.7 Å². The van der Waals surface area contributed by atoms with Crippen molar-refractivity contribution in [1.82, 2.24) is 16.0 Å². The highest BCUT2D eigenvalue weighted by Gasteiger charge is 2.25. The van der Waals surface area contributed by atoms with Gasteiger partial charge in [-0.25, -0.2) is 0 Å². The third-order valence-corrected chi connectivity index (χ3v) is 13.2. The molecule has 0 spiro atoms. The monoisotopic (exact) mass is 936 g/mol. The Kier molecular flexibility index (Phi) is 42.3. The molecule has 5 atom stereocenters. The van der Waals surface area contributed by atoms with Crippen molar-refractivity contribution in [2.24, 2.45) is 5.92 Å². The number of nitrogens with one attached hydrogen (secondary N) is 3. The molecule has 0 bridgehead atoms. The molecule has 11 heteroatoms. The molecular weight excluding hydrogens is 831 g/mol. The summed E-state index contributed by atoms with van der Waals surface area (Å²) in [7, 11) is 0. The Labute approximate surface area is 405 Å². The molecule has 1 aliphatic heterocycles. The van der Waals surface area contributed by atoms with Crippen LogP contribution in [0.15, 0.2) is 0 Å². The SMILES string of the molecule is CCCCCCCCCCCC(=O)O[C@H](CCCCCCCCCCC)CC(=O)N[C@@H](CCO)C(=O)NCCC[C@H](COC1CCCCO1)NC(=O)C[C@H](C)CCCCCCCCCCC. The van der Waals surface area contributed by atoms with E-state index in [2.05, 4.69) is 43.6 Å². The second-order valence-electron chi connectivity index (χ2n) is 19.9.